The van der Waals surface area contributed by atoms with Crippen LogP contribution in [0, 0.1) is 5.82 Å². The molecule has 0 saturated carbocycles. The van der Waals surface area contributed by atoms with Crippen LogP contribution in [0.25, 0.3) is 11.1 Å². The second-order valence-corrected chi connectivity index (χ2v) is 4.87. The van der Waals surface area contributed by atoms with E-state index in [-0.39, 0.29) is 5.82 Å². The summed E-state index contributed by atoms with van der Waals surface area (Å²) in [6, 6.07) is 14.3. The highest BCUT2D eigenvalue weighted by Gasteiger charge is 2.09. The van der Waals surface area contributed by atoms with Crippen LogP contribution >= 0.6 is 0 Å². The molecule has 0 saturated heterocycles. The Bertz CT molecular complexity index is 830. The van der Waals surface area contributed by atoms with E-state index in [1.807, 2.05) is 0 Å². The molecular formula is C18H13FN2O2. The highest BCUT2D eigenvalue weighted by molar-refractivity contribution is 5.93. The van der Waals surface area contributed by atoms with E-state index >= 15 is 0 Å². The van der Waals surface area contributed by atoms with Crippen molar-refractivity contribution in [3.63, 3.8) is 0 Å². The Balaban J connectivity index is 1.94. The number of nitrogens with two attached hydrogens (primary N) is 1. The molecule has 0 radical (unpaired) electrons. The maximum Gasteiger partial charge on any atom is 0.248 e. The summed E-state index contributed by atoms with van der Waals surface area (Å²) in [5.74, 6) is 0.297. The van der Waals surface area contributed by atoms with Gasteiger partial charge in [-0.15, -0.1) is 0 Å². The molecule has 0 aliphatic heterocycles. The van der Waals surface area contributed by atoms with Gasteiger partial charge >= 0.3 is 0 Å². The lowest BCUT2D eigenvalue weighted by Crippen LogP contribution is -2.10. The predicted octanol–water partition coefficient (Wildman–Crippen LogP) is 3.78. The van der Waals surface area contributed by atoms with Crippen molar-refractivity contribution in [2.45, 2.75) is 0 Å². The quantitative estimate of drug-likeness (QED) is 0.797. The molecule has 1 heterocycles. The number of halogens is 1. The number of benzene rings is 2. The first-order valence-electron chi connectivity index (χ1n) is 6.91. The number of carbonyl (C=O) groups is 1. The van der Waals surface area contributed by atoms with Crippen LogP contribution in [-0.2, 0) is 0 Å². The fourth-order valence-corrected chi connectivity index (χ4v) is 2.13. The van der Waals surface area contributed by atoms with E-state index in [4.69, 9.17) is 10.5 Å². The van der Waals surface area contributed by atoms with Gasteiger partial charge in [0.15, 0.2) is 0 Å². The lowest BCUT2D eigenvalue weighted by atomic mass is 10.0. The number of aromatic nitrogens is 1. The summed E-state index contributed by atoms with van der Waals surface area (Å²) in [5, 5.41) is 0. The second-order valence-electron chi connectivity index (χ2n) is 4.87. The van der Waals surface area contributed by atoms with Gasteiger partial charge < -0.3 is 10.5 Å². The summed E-state index contributed by atoms with van der Waals surface area (Å²) in [4.78, 5) is 15.2. The lowest BCUT2D eigenvalue weighted by molar-refractivity contribution is 0.100. The smallest absolute Gasteiger partial charge is 0.248 e. The molecule has 1 aromatic heterocycles. The van der Waals surface area contributed by atoms with Gasteiger partial charge in [0.2, 0.25) is 5.91 Å². The fourth-order valence-electron chi connectivity index (χ4n) is 2.13. The molecule has 1 amide bonds. The van der Waals surface area contributed by atoms with Gasteiger partial charge in [0.05, 0.1) is 0 Å². The number of primary amides is 1. The highest BCUT2D eigenvalue weighted by atomic mass is 19.1. The van der Waals surface area contributed by atoms with Gasteiger partial charge in [-0.3, -0.25) is 9.78 Å². The van der Waals surface area contributed by atoms with E-state index in [2.05, 4.69) is 4.98 Å². The molecule has 5 heteroatoms. The van der Waals surface area contributed by atoms with Crippen LogP contribution < -0.4 is 10.5 Å². The van der Waals surface area contributed by atoms with Crippen molar-refractivity contribution in [3.05, 3.63) is 78.4 Å². The summed E-state index contributed by atoms with van der Waals surface area (Å²) >= 11 is 0. The Labute approximate surface area is 132 Å². The summed E-state index contributed by atoms with van der Waals surface area (Å²) < 4.78 is 18.8. The SMILES string of the molecule is NC(=O)c1ccc(-c2cnccc2Oc2ccc(F)cc2)cc1. The second kappa shape index (κ2) is 6.27. The molecule has 2 N–H and O–H groups in total. The van der Waals surface area contributed by atoms with Gasteiger partial charge in [0.25, 0.3) is 0 Å². The summed E-state index contributed by atoms with van der Waals surface area (Å²) in [6.07, 6.45) is 3.28. The van der Waals surface area contributed by atoms with Crippen molar-refractivity contribution >= 4 is 5.91 Å². The summed E-state index contributed by atoms with van der Waals surface area (Å²) in [6.45, 7) is 0. The molecule has 0 bridgehead atoms. The molecule has 3 rings (SSSR count). The van der Waals surface area contributed by atoms with Gasteiger partial charge in [-0.25, -0.2) is 4.39 Å². The van der Waals surface area contributed by atoms with Crippen molar-refractivity contribution in [3.8, 4) is 22.6 Å². The van der Waals surface area contributed by atoms with Crippen molar-refractivity contribution in [1.82, 2.24) is 4.98 Å². The molecule has 114 valence electrons. The molecule has 3 aromatic rings. The molecule has 0 atom stereocenters. The number of ether oxygens (including phenoxy) is 1. The number of pyridine rings is 1. The Kier molecular flexibility index (Phi) is 4.01. The monoisotopic (exact) mass is 308 g/mol. The van der Waals surface area contributed by atoms with E-state index in [9.17, 15) is 9.18 Å². The molecule has 2 aromatic carbocycles. The lowest BCUT2D eigenvalue weighted by Gasteiger charge is -2.11. The van der Waals surface area contributed by atoms with Crippen LogP contribution in [0.15, 0.2) is 67.0 Å². The van der Waals surface area contributed by atoms with E-state index in [1.165, 1.54) is 12.1 Å². The third-order valence-corrected chi connectivity index (χ3v) is 3.30. The molecule has 0 spiro atoms. The normalized spacial score (nSPS) is 10.3. The minimum absolute atomic E-state index is 0.325. The number of hydrogen-bond acceptors (Lipinski definition) is 3. The number of nitrogens with zero attached hydrogens (tertiary/aromatic N) is 1. The van der Waals surface area contributed by atoms with Gasteiger partial charge in [-0.2, -0.15) is 0 Å². The predicted molar refractivity (Wildman–Crippen MR) is 84.7 cm³/mol. The minimum atomic E-state index is -0.481. The van der Waals surface area contributed by atoms with Crippen molar-refractivity contribution < 1.29 is 13.9 Å². The first-order chi connectivity index (χ1) is 11.1. The van der Waals surface area contributed by atoms with Crippen LogP contribution in [0.3, 0.4) is 0 Å². The van der Waals surface area contributed by atoms with Crippen LogP contribution in [0.4, 0.5) is 4.39 Å². The Morgan fingerprint density at radius 1 is 1.00 bits per heavy atom. The number of carbonyl (C=O) groups excluding carboxylic acids is 1. The first-order valence-corrected chi connectivity index (χ1v) is 6.91. The zero-order valence-electron chi connectivity index (χ0n) is 12.1. The third-order valence-electron chi connectivity index (χ3n) is 3.30. The zero-order chi connectivity index (χ0) is 16.2. The van der Waals surface area contributed by atoms with E-state index in [0.29, 0.717) is 17.1 Å². The fraction of sp³-hybridized carbons (Fsp3) is 0. The van der Waals surface area contributed by atoms with Crippen LogP contribution in [0.2, 0.25) is 0 Å². The standard InChI is InChI=1S/C18H13FN2O2/c19-14-5-7-15(8-6-14)23-17-9-10-21-11-16(17)12-1-3-13(4-2-12)18(20)22/h1-11H,(H2,20,22). The van der Waals surface area contributed by atoms with Crippen molar-refractivity contribution in [1.29, 1.82) is 0 Å². The number of amides is 1. The van der Waals surface area contributed by atoms with Crippen molar-refractivity contribution in [2.75, 3.05) is 0 Å². The molecular weight excluding hydrogens is 295 g/mol. The molecule has 4 nitrogen and oxygen atoms in total. The zero-order valence-corrected chi connectivity index (χ0v) is 12.1. The van der Waals surface area contributed by atoms with Gasteiger partial charge in [0, 0.05) is 23.5 Å². The average molecular weight is 308 g/mol. The molecule has 23 heavy (non-hydrogen) atoms. The largest absolute Gasteiger partial charge is 0.457 e. The summed E-state index contributed by atoms with van der Waals surface area (Å²) in [7, 11) is 0. The van der Waals surface area contributed by atoms with Gasteiger partial charge in [-0.1, -0.05) is 12.1 Å². The Morgan fingerprint density at radius 3 is 2.35 bits per heavy atom. The van der Waals surface area contributed by atoms with E-state index < -0.39 is 5.91 Å². The maximum atomic E-state index is 13.0. The highest BCUT2D eigenvalue weighted by Crippen LogP contribution is 2.32. The maximum absolute atomic E-state index is 13.0. The Morgan fingerprint density at radius 2 is 1.70 bits per heavy atom. The molecule has 0 aliphatic carbocycles. The van der Waals surface area contributed by atoms with Crippen LogP contribution in [-0.4, -0.2) is 10.9 Å². The summed E-state index contributed by atoms with van der Waals surface area (Å²) in [5.41, 5.74) is 7.26. The third kappa shape index (κ3) is 3.35. The van der Waals surface area contributed by atoms with Crippen LogP contribution in [0.1, 0.15) is 10.4 Å². The molecule has 0 unspecified atom stereocenters. The first kappa shape index (κ1) is 14.7. The molecule has 0 aliphatic rings. The average Bonchev–Trinajstić information content (AvgIpc) is 2.57. The Hall–Kier alpha value is -3.21. The minimum Gasteiger partial charge on any atom is -0.457 e. The van der Waals surface area contributed by atoms with E-state index in [1.54, 1.807) is 54.9 Å². The number of rotatable bonds is 4. The van der Waals surface area contributed by atoms with Gasteiger partial charge in [-0.05, 0) is 48.0 Å². The van der Waals surface area contributed by atoms with Crippen LogP contribution in [0.5, 0.6) is 11.5 Å². The van der Waals surface area contributed by atoms with Crippen molar-refractivity contribution in [2.24, 2.45) is 5.73 Å². The molecule has 0 fully saturated rings. The van der Waals surface area contributed by atoms with Gasteiger partial charge in [0.1, 0.15) is 17.3 Å². The topological polar surface area (TPSA) is 65.2 Å². The van der Waals surface area contributed by atoms with E-state index in [0.717, 1.165) is 11.1 Å². The number of hydrogen-bond donors (Lipinski definition) is 1.